The molecule has 1 atom stereocenters. The Bertz CT molecular complexity index is 1740. The summed E-state index contributed by atoms with van der Waals surface area (Å²) in [5.74, 6) is -0.548. The fourth-order valence-corrected chi connectivity index (χ4v) is 6.98. The Hall–Kier alpha value is -3.76. The minimum Gasteiger partial charge on any atom is -0.497 e. The molecule has 248 valence electrons. The lowest BCUT2D eigenvalue weighted by Crippen LogP contribution is -2.53. The van der Waals surface area contributed by atoms with E-state index < -0.39 is 28.5 Å². The quantitative estimate of drug-likeness (QED) is 0.129. The van der Waals surface area contributed by atoms with Gasteiger partial charge in [0.05, 0.1) is 17.7 Å². The second kappa shape index (κ2) is 16.9. The lowest BCUT2D eigenvalue weighted by atomic mass is 10.0. The summed E-state index contributed by atoms with van der Waals surface area (Å²) in [5.41, 5.74) is 1.45. The standard InChI is InChI=1S/C35H36Cl3N3O5S/c1-3-4-21-39-35(43)33(22-25-9-6-5-7-10-25)40(23-30-31(37)11-8-12-32(30)38)34(42)24-41(27-15-13-26(36)14-16-27)47(44,45)29-19-17-28(46-2)18-20-29/h5-20,33H,3-4,21-24H2,1-2H3,(H,39,43)/t33-/m0/s1. The molecule has 0 fully saturated rings. The molecule has 12 heteroatoms. The summed E-state index contributed by atoms with van der Waals surface area (Å²) in [4.78, 5) is 29.7. The van der Waals surface area contributed by atoms with Gasteiger partial charge in [0.1, 0.15) is 18.3 Å². The summed E-state index contributed by atoms with van der Waals surface area (Å²) in [6.45, 7) is 1.65. The Morgan fingerprint density at radius 1 is 0.851 bits per heavy atom. The number of ether oxygens (including phenoxy) is 1. The van der Waals surface area contributed by atoms with Gasteiger partial charge in [0.2, 0.25) is 11.8 Å². The molecular formula is C35H36Cl3N3O5S. The van der Waals surface area contributed by atoms with E-state index in [1.54, 1.807) is 30.3 Å². The highest BCUT2D eigenvalue weighted by Gasteiger charge is 2.35. The van der Waals surface area contributed by atoms with E-state index in [2.05, 4.69) is 5.32 Å². The molecule has 1 N–H and O–H groups in total. The van der Waals surface area contributed by atoms with Gasteiger partial charge in [-0.2, -0.15) is 0 Å². The summed E-state index contributed by atoms with van der Waals surface area (Å²) < 4.78 is 34.5. The second-order valence-electron chi connectivity index (χ2n) is 10.7. The summed E-state index contributed by atoms with van der Waals surface area (Å²) in [6, 6.07) is 25.2. The molecule has 0 aliphatic carbocycles. The number of hydrogen-bond donors (Lipinski definition) is 1. The number of carbonyl (C=O) groups excluding carboxylic acids is 2. The normalized spacial score (nSPS) is 11.9. The van der Waals surface area contributed by atoms with Crippen LogP contribution >= 0.6 is 34.8 Å². The van der Waals surface area contributed by atoms with Crippen LogP contribution in [0.15, 0.2) is 102 Å². The maximum absolute atomic E-state index is 14.6. The summed E-state index contributed by atoms with van der Waals surface area (Å²) in [6.07, 6.45) is 1.78. The van der Waals surface area contributed by atoms with E-state index >= 15 is 0 Å². The Balaban J connectivity index is 1.82. The van der Waals surface area contributed by atoms with Gasteiger partial charge < -0.3 is 15.0 Å². The average molecular weight is 717 g/mol. The monoisotopic (exact) mass is 715 g/mol. The molecule has 0 aromatic heterocycles. The van der Waals surface area contributed by atoms with Crippen molar-refractivity contribution in [3.8, 4) is 5.75 Å². The molecule has 0 bridgehead atoms. The van der Waals surface area contributed by atoms with Crippen molar-refractivity contribution in [3.05, 3.63) is 123 Å². The van der Waals surface area contributed by atoms with Gasteiger partial charge in [-0.3, -0.25) is 13.9 Å². The molecule has 0 saturated heterocycles. The van der Waals surface area contributed by atoms with E-state index in [0.717, 1.165) is 22.7 Å². The lowest BCUT2D eigenvalue weighted by Gasteiger charge is -2.34. The van der Waals surface area contributed by atoms with Gasteiger partial charge in [-0.15, -0.1) is 0 Å². The molecule has 0 saturated carbocycles. The van der Waals surface area contributed by atoms with Crippen molar-refractivity contribution in [2.75, 3.05) is 24.5 Å². The summed E-state index contributed by atoms with van der Waals surface area (Å²) >= 11 is 19.3. The maximum atomic E-state index is 14.6. The molecule has 8 nitrogen and oxygen atoms in total. The highest BCUT2D eigenvalue weighted by molar-refractivity contribution is 7.92. The first-order valence-corrected chi connectivity index (χ1v) is 17.6. The largest absolute Gasteiger partial charge is 0.497 e. The number of halogens is 3. The third kappa shape index (κ3) is 9.41. The lowest BCUT2D eigenvalue weighted by molar-refractivity contribution is -0.140. The molecule has 0 radical (unpaired) electrons. The van der Waals surface area contributed by atoms with Crippen molar-refractivity contribution < 1.29 is 22.7 Å². The van der Waals surface area contributed by atoms with Crippen LogP contribution in [0.4, 0.5) is 5.69 Å². The molecule has 4 aromatic rings. The Morgan fingerprint density at radius 3 is 2.09 bits per heavy atom. The van der Waals surface area contributed by atoms with Gasteiger partial charge in [-0.1, -0.05) is 84.5 Å². The number of hydrogen-bond acceptors (Lipinski definition) is 5. The Morgan fingerprint density at radius 2 is 1.49 bits per heavy atom. The zero-order chi connectivity index (χ0) is 34.0. The smallest absolute Gasteiger partial charge is 0.264 e. The molecule has 0 aliphatic rings. The van der Waals surface area contributed by atoms with E-state index in [0.29, 0.717) is 32.9 Å². The van der Waals surface area contributed by atoms with Crippen LogP contribution in [0, 0.1) is 0 Å². The van der Waals surface area contributed by atoms with Crippen LogP contribution in [-0.2, 0) is 32.6 Å². The van der Waals surface area contributed by atoms with Crippen LogP contribution in [0.3, 0.4) is 0 Å². The van der Waals surface area contributed by atoms with E-state index in [-0.39, 0.29) is 29.5 Å². The number of amides is 2. The zero-order valence-electron chi connectivity index (χ0n) is 26.0. The predicted molar refractivity (Wildman–Crippen MR) is 188 cm³/mol. The number of nitrogens with zero attached hydrogens (tertiary/aromatic N) is 2. The maximum Gasteiger partial charge on any atom is 0.264 e. The number of methoxy groups -OCH3 is 1. The highest BCUT2D eigenvalue weighted by atomic mass is 35.5. The van der Waals surface area contributed by atoms with Gasteiger partial charge in [-0.25, -0.2) is 8.42 Å². The molecule has 0 spiro atoms. The predicted octanol–water partition coefficient (Wildman–Crippen LogP) is 7.41. The van der Waals surface area contributed by atoms with Crippen LogP contribution in [0.2, 0.25) is 15.1 Å². The third-order valence-corrected chi connectivity index (χ3v) is 10.3. The van der Waals surface area contributed by atoms with Crippen molar-refractivity contribution in [2.45, 2.75) is 43.7 Å². The van der Waals surface area contributed by atoms with Gasteiger partial charge in [-0.05, 0) is 72.6 Å². The van der Waals surface area contributed by atoms with E-state index in [1.165, 1.54) is 48.4 Å². The van der Waals surface area contributed by atoms with Crippen LogP contribution in [-0.4, -0.2) is 51.4 Å². The van der Waals surface area contributed by atoms with Gasteiger partial charge >= 0.3 is 0 Å². The van der Waals surface area contributed by atoms with Crippen LogP contribution < -0.4 is 14.4 Å². The Kier molecular flexibility index (Phi) is 13.0. The number of nitrogens with one attached hydrogen (secondary N) is 1. The SMILES string of the molecule is CCCCNC(=O)[C@H](Cc1ccccc1)N(Cc1c(Cl)cccc1Cl)C(=O)CN(c1ccc(Cl)cc1)S(=O)(=O)c1ccc(OC)cc1. The number of benzene rings is 4. The minimum absolute atomic E-state index is 0.0557. The second-order valence-corrected chi connectivity index (χ2v) is 13.8. The number of carbonyl (C=O) groups is 2. The van der Waals surface area contributed by atoms with Gasteiger partial charge in [0.15, 0.2) is 0 Å². The first kappa shape index (κ1) is 36.1. The minimum atomic E-state index is -4.30. The number of unbranched alkanes of at least 4 members (excludes halogenated alkanes) is 1. The topological polar surface area (TPSA) is 96.0 Å². The molecular weight excluding hydrogens is 681 g/mol. The molecule has 0 heterocycles. The first-order chi connectivity index (χ1) is 22.5. The summed E-state index contributed by atoms with van der Waals surface area (Å²) in [5, 5.41) is 3.96. The molecule has 0 unspecified atom stereocenters. The number of anilines is 1. The van der Waals surface area contributed by atoms with Crippen molar-refractivity contribution in [1.82, 2.24) is 10.2 Å². The van der Waals surface area contributed by atoms with Crippen LogP contribution in [0.1, 0.15) is 30.9 Å². The molecule has 4 aromatic carbocycles. The summed E-state index contributed by atoms with van der Waals surface area (Å²) in [7, 11) is -2.82. The Labute approximate surface area is 291 Å². The van der Waals surface area contributed by atoms with Crippen molar-refractivity contribution in [2.24, 2.45) is 0 Å². The molecule has 47 heavy (non-hydrogen) atoms. The molecule has 2 amide bonds. The van der Waals surface area contributed by atoms with Crippen molar-refractivity contribution in [1.29, 1.82) is 0 Å². The van der Waals surface area contributed by atoms with E-state index in [1.807, 2.05) is 37.3 Å². The highest BCUT2D eigenvalue weighted by Crippen LogP contribution is 2.30. The third-order valence-electron chi connectivity index (χ3n) is 7.53. The first-order valence-electron chi connectivity index (χ1n) is 15.0. The van der Waals surface area contributed by atoms with Crippen LogP contribution in [0.25, 0.3) is 0 Å². The van der Waals surface area contributed by atoms with Crippen molar-refractivity contribution >= 4 is 62.3 Å². The average Bonchev–Trinajstić information content (AvgIpc) is 3.07. The fourth-order valence-electron chi connectivity index (χ4n) is 4.92. The van der Waals surface area contributed by atoms with Gasteiger partial charge in [0.25, 0.3) is 10.0 Å². The number of sulfonamides is 1. The van der Waals surface area contributed by atoms with Crippen molar-refractivity contribution in [3.63, 3.8) is 0 Å². The van der Waals surface area contributed by atoms with E-state index in [4.69, 9.17) is 39.5 Å². The van der Waals surface area contributed by atoms with Gasteiger partial charge in [0, 0.05) is 40.1 Å². The van der Waals surface area contributed by atoms with E-state index in [9.17, 15) is 18.0 Å². The fraction of sp³-hybridized carbons (Fsp3) is 0.257. The zero-order valence-corrected chi connectivity index (χ0v) is 29.1. The van der Waals surface area contributed by atoms with Crippen LogP contribution in [0.5, 0.6) is 5.75 Å². The molecule has 0 aliphatic heterocycles. The molecule has 4 rings (SSSR count). The number of rotatable bonds is 15.